The Morgan fingerprint density at radius 1 is 1.19 bits per heavy atom. The number of thiazole rings is 1. The van der Waals surface area contributed by atoms with Gasteiger partial charge in [-0.3, -0.25) is 15.6 Å². The molecule has 0 unspecified atom stereocenters. The number of hydrogen-bond acceptors (Lipinski definition) is 7. The van der Waals surface area contributed by atoms with E-state index in [1.165, 1.54) is 17.8 Å². The van der Waals surface area contributed by atoms with Crippen molar-refractivity contribution < 1.29 is 9.21 Å². The molecule has 2 aromatic carbocycles. The number of carbonyl (C=O) groups excluding carboxylic acids is 1. The molecule has 0 saturated carbocycles. The predicted octanol–water partition coefficient (Wildman–Crippen LogP) is 4.21. The van der Waals surface area contributed by atoms with Gasteiger partial charge < -0.3 is 9.73 Å². The van der Waals surface area contributed by atoms with Crippen LogP contribution in [0, 0.1) is 6.92 Å². The van der Waals surface area contributed by atoms with Crippen LogP contribution >= 0.6 is 35.3 Å². The smallest absolute Gasteiger partial charge is 0.336 e. The van der Waals surface area contributed by atoms with E-state index in [1.54, 1.807) is 24.3 Å². The number of nitrogens with one attached hydrogen (secondary N) is 3. The fourth-order valence-electron chi connectivity index (χ4n) is 2.89. The fourth-order valence-corrected chi connectivity index (χ4v) is 5.27. The zero-order valence-corrected chi connectivity index (χ0v) is 19.0. The second kappa shape index (κ2) is 9.04. The summed E-state index contributed by atoms with van der Waals surface area (Å²) in [5, 5.41) is 3.65. The van der Waals surface area contributed by atoms with Crippen molar-refractivity contribution in [2.45, 2.75) is 23.4 Å². The monoisotopic (exact) mass is 470 g/mol. The van der Waals surface area contributed by atoms with E-state index < -0.39 is 5.63 Å². The van der Waals surface area contributed by atoms with Gasteiger partial charge in [-0.15, -0.1) is 11.3 Å². The number of nitrogens with zero attached hydrogens (tertiary/aromatic N) is 1. The molecular weight excluding hydrogens is 452 g/mol. The molecule has 0 radical (unpaired) electrons. The second-order valence-electron chi connectivity index (χ2n) is 6.74. The Balaban J connectivity index is 1.33. The summed E-state index contributed by atoms with van der Waals surface area (Å²) >= 11 is 8.18. The fraction of sp³-hybridized carbons (Fsp3) is 0.143. The number of aryl methyl sites for hydroxylation is 1. The summed E-state index contributed by atoms with van der Waals surface area (Å²) in [6, 6.07) is 14.7. The molecule has 31 heavy (non-hydrogen) atoms. The minimum Gasteiger partial charge on any atom is -0.423 e. The zero-order valence-electron chi connectivity index (χ0n) is 16.6. The minimum atomic E-state index is -0.408. The normalized spacial score (nSPS) is 11.9. The first-order chi connectivity index (χ1) is 14.9. The van der Waals surface area contributed by atoms with Gasteiger partial charge in [0.1, 0.15) is 5.58 Å². The summed E-state index contributed by atoms with van der Waals surface area (Å²) in [5.41, 5.74) is 7.74. The molecule has 4 aromatic rings. The lowest BCUT2D eigenvalue weighted by Crippen LogP contribution is -2.46. The number of benzene rings is 2. The van der Waals surface area contributed by atoms with Crippen molar-refractivity contribution in [3.05, 3.63) is 64.5 Å². The molecule has 1 amide bonds. The lowest BCUT2D eigenvalue weighted by Gasteiger charge is -2.14. The van der Waals surface area contributed by atoms with Gasteiger partial charge in [-0.05, 0) is 55.9 Å². The van der Waals surface area contributed by atoms with Crippen molar-refractivity contribution in [3.63, 3.8) is 0 Å². The van der Waals surface area contributed by atoms with Crippen LogP contribution in [0.25, 0.3) is 21.2 Å². The van der Waals surface area contributed by atoms with Crippen LogP contribution in [0.3, 0.4) is 0 Å². The summed E-state index contributed by atoms with van der Waals surface area (Å²) in [4.78, 5) is 28.5. The highest BCUT2D eigenvalue weighted by Crippen LogP contribution is 2.31. The van der Waals surface area contributed by atoms with E-state index in [4.69, 9.17) is 16.6 Å². The van der Waals surface area contributed by atoms with E-state index in [0.29, 0.717) is 11.3 Å². The van der Waals surface area contributed by atoms with E-state index >= 15 is 0 Å². The highest BCUT2D eigenvalue weighted by molar-refractivity contribution is 8.02. The van der Waals surface area contributed by atoms with Gasteiger partial charge in [0, 0.05) is 23.2 Å². The van der Waals surface area contributed by atoms with Gasteiger partial charge in [0.15, 0.2) is 9.45 Å². The maximum absolute atomic E-state index is 12.4. The van der Waals surface area contributed by atoms with Gasteiger partial charge in [-0.25, -0.2) is 9.78 Å². The lowest BCUT2D eigenvalue weighted by atomic mass is 10.1. The molecule has 0 saturated heterocycles. The number of para-hydroxylation sites is 1. The standard InChI is InChI=1S/C21H18N4O3S3/c1-11-9-18(26)28-16-10-13(7-8-14(11)16)22-20(29)25-24-19(27)12(2)30-21-23-15-5-3-4-6-17(15)31-21/h3-10,12H,1-2H3,(H,24,27)(H2,22,25,29)/t12-/m1/s1. The molecule has 2 heterocycles. The molecule has 4 rings (SSSR count). The van der Waals surface area contributed by atoms with Crippen LogP contribution < -0.4 is 21.8 Å². The third-order valence-corrected chi connectivity index (χ3v) is 6.86. The highest BCUT2D eigenvalue weighted by atomic mass is 32.2. The van der Waals surface area contributed by atoms with Gasteiger partial charge in [0.2, 0.25) is 0 Å². The van der Waals surface area contributed by atoms with Crippen molar-refractivity contribution >= 4 is 73.2 Å². The Morgan fingerprint density at radius 2 is 2.00 bits per heavy atom. The molecular formula is C21H18N4O3S3. The second-order valence-corrected chi connectivity index (χ2v) is 9.76. The molecule has 7 nitrogen and oxygen atoms in total. The van der Waals surface area contributed by atoms with Crippen LogP contribution in [-0.2, 0) is 4.79 Å². The third-order valence-electron chi connectivity index (χ3n) is 4.43. The summed E-state index contributed by atoms with van der Waals surface area (Å²) < 4.78 is 7.15. The average Bonchev–Trinajstić information content (AvgIpc) is 3.13. The summed E-state index contributed by atoms with van der Waals surface area (Å²) in [7, 11) is 0. The Morgan fingerprint density at radius 3 is 2.81 bits per heavy atom. The molecule has 0 aliphatic rings. The number of hydrazine groups is 1. The molecule has 0 aliphatic heterocycles. The number of hydrogen-bond donors (Lipinski definition) is 3. The molecule has 10 heteroatoms. The predicted molar refractivity (Wildman–Crippen MR) is 130 cm³/mol. The Kier molecular flexibility index (Phi) is 6.21. The first kappa shape index (κ1) is 21.3. The van der Waals surface area contributed by atoms with Gasteiger partial charge >= 0.3 is 5.63 Å². The van der Waals surface area contributed by atoms with Crippen molar-refractivity contribution in [1.82, 2.24) is 15.8 Å². The first-order valence-electron chi connectivity index (χ1n) is 9.32. The van der Waals surface area contributed by atoms with Crippen LogP contribution in [0.2, 0.25) is 0 Å². The molecule has 0 bridgehead atoms. The molecule has 0 aliphatic carbocycles. The number of thioether (sulfide) groups is 1. The highest BCUT2D eigenvalue weighted by Gasteiger charge is 2.17. The quantitative estimate of drug-likeness (QED) is 0.177. The minimum absolute atomic E-state index is 0.208. The number of thiocarbonyl (C=S) groups is 1. The Labute approximate surface area is 191 Å². The van der Waals surface area contributed by atoms with Crippen molar-refractivity contribution in [1.29, 1.82) is 0 Å². The van der Waals surface area contributed by atoms with Gasteiger partial charge in [0.05, 0.1) is 15.5 Å². The molecule has 158 valence electrons. The van der Waals surface area contributed by atoms with E-state index in [-0.39, 0.29) is 16.3 Å². The molecule has 0 spiro atoms. The van der Waals surface area contributed by atoms with E-state index in [9.17, 15) is 9.59 Å². The lowest BCUT2D eigenvalue weighted by molar-refractivity contribution is -0.120. The van der Waals surface area contributed by atoms with Crippen LogP contribution in [-0.4, -0.2) is 21.3 Å². The topological polar surface area (TPSA) is 96.3 Å². The SMILES string of the molecule is Cc1cc(=O)oc2cc(NC(=S)NNC(=O)[C@@H](C)Sc3nc4ccccc4s3)ccc12. The van der Waals surface area contributed by atoms with Gasteiger partial charge in [-0.1, -0.05) is 23.9 Å². The average molecular weight is 471 g/mol. The van der Waals surface area contributed by atoms with E-state index in [1.807, 2.05) is 43.3 Å². The molecule has 2 aromatic heterocycles. The van der Waals surface area contributed by atoms with Crippen molar-refractivity contribution in [3.8, 4) is 0 Å². The summed E-state index contributed by atoms with van der Waals surface area (Å²) in [5.74, 6) is -0.228. The summed E-state index contributed by atoms with van der Waals surface area (Å²) in [6.07, 6.45) is 0. The first-order valence-corrected chi connectivity index (χ1v) is 11.4. The summed E-state index contributed by atoms with van der Waals surface area (Å²) in [6.45, 7) is 3.65. The number of fused-ring (bicyclic) bond motifs is 2. The third kappa shape index (κ3) is 5.04. The molecule has 0 fully saturated rings. The van der Waals surface area contributed by atoms with Crippen molar-refractivity contribution in [2.75, 3.05) is 5.32 Å². The van der Waals surface area contributed by atoms with Crippen molar-refractivity contribution in [2.24, 2.45) is 0 Å². The Bertz CT molecular complexity index is 1320. The van der Waals surface area contributed by atoms with E-state index in [2.05, 4.69) is 21.2 Å². The maximum Gasteiger partial charge on any atom is 0.336 e. The number of carbonyl (C=O) groups is 1. The Hall–Kier alpha value is -2.95. The number of amides is 1. The molecule has 3 N–H and O–H groups in total. The van der Waals surface area contributed by atoms with E-state index in [0.717, 1.165) is 25.5 Å². The number of anilines is 1. The van der Waals surface area contributed by atoms with Crippen LogP contribution in [0.15, 0.2) is 62.1 Å². The number of rotatable bonds is 4. The van der Waals surface area contributed by atoms with Crippen LogP contribution in [0.5, 0.6) is 0 Å². The zero-order chi connectivity index (χ0) is 22.0. The maximum atomic E-state index is 12.4. The largest absolute Gasteiger partial charge is 0.423 e. The van der Waals surface area contributed by atoms with Gasteiger partial charge in [0.25, 0.3) is 5.91 Å². The molecule has 1 atom stereocenters. The van der Waals surface area contributed by atoms with Gasteiger partial charge in [-0.2, -0.15) is 0 Å². The van der Waals surface area contributed by atoms with Crippen LogP contribution in [0.1, 0.15) is 12.5 Å². The number of aromatic nitrogens is 1. The van der Waals surface area contributed by atoms with Crippen LogP contribution in [0.4, 0.5) is 5.69 Å².